The molecule has 4 nitrogen and oxygen atoms in total. The van der Waals surface area contributed by atoms with E-state index in [1.54, 1.807) is 0 Å². The van der Waals surface area contributed by atoms with Gasteiger partial charge in [0.2, 0.25) is 0 Å². The third kappa shape index (κ3) is 2.33. The van der Waals surface area contributed by atoms with Crippen molar-refractivity contribution >= 4 is 5.65 Å². The Morgan fingerprint density at radius 1 is 1.33 bits per heavy atom. The van der Waals surface area contributed by atoms with Crippen LogP contribution in [0.15, 0.2) is 24.4 Å². The Balaban J connectivity index is 2.08. The Bertz CT molecular complexity index is 433. The number of aromatic nitrogens is 3. The summed E-state index contributed by atoms with van der Waals surface area (Å²) in [4.78, 5) is 0. The predicted octanol–water partition coefficient (Wildman–Crippen LogP) is 1.27. The molecule has 0 saturated heterocycles. The lowest BCUT2D eigenvalue weighted by molar-refractivity contribution is 0.581. The fourth-order valence-electron chi connectivity index (χ4n) is 1.53. The van der Waals surface area contributed by atoms with E-state index in [-0.39, 0.29) is 0 Å². The molecule has 1 N–H and O–H groups in total. The minimum atomic E-state index is 0.518. The van der Waals surface area contributed by atoms with Gasteiger partial charge in [0, 0.05) is 25.2 Å². The second-order valence-corrected chi connectivity index (χ2v) is 3.90. The molecule has 0 fully saturated rings. The first kappa shape index (κ1) is 10.1. The number of pyridine rings is 1. The Kier molecular flexibility index (Phi) is 2.97. The molecule has 0 aliphatic heterocycles. The van der Waals surface area contributed by atoms with Crippen molar-refractivity contribution < 1.29 is 0 Å². The molecule has 0 radical (unpaired) electrons. The highest BCUT2D eigenvalue weighted by Crippen LogP contribution is 2.02. The highest BCUT2D eigenvalue weighted by atomic mass is 15.2. The van der Waals surface area contributed by atoms with Gasteiger partial charge in [-0.05, 0) is 12.1 Å². The quantitative estimate of drug-likeness (QED) is 0.815. The lowest BCUT2D eigenvalue weighted by Crippen LogP contribution is -2.25. The molecule has 0 atom stereocenters. The van der Waals surface area contributed by atoms with E-state index in [4.69, 9.17) is 0 Å². The van der Waals surface area contributed by atoms with Crippen molar-refractivity contribution in [3.63, 3.8) is 0 Å². The van der Waals surface area contributed by atoms with Crippen LogP contribution in [0.25, 0.3) is 5.65 Å². The number of nitrogens with zero attached hydrogens (tertiary/aromatic N) is 3. The van der Waals surface area contributed by atoms with Gasteiger partial charge < -0.3 is 5.32 Å². The van der Waals surface area contributed by atoms with Crippen LogP contribution in [0.5, 0.6) is 0 Å². The first-order valence-electron chi connectivity index (χ1n) is 5.29. The summed E-state index contributed by atoms with van der Waals surface area (Å²) >= 11 is 0. The van der Waals surface area contributed by atoms with Crippen molar-refractivity contribution in [3.8, 4) is 0 Å². The molecule has 0 saturated carbocycles. The zero-order valence-corrected chi connectivity index (χ0v) is 9.14. The van der Waals surface area contributed by atoms with Crippen molar-refractivity contribution in [1.82, 2.24) is 19.9 Å². The minimum Gasteiger partial charge on any atom is -0.314 e. The van der Waals surface area contributed by atoms with Crippen LogP contribution in [-0.4, -0.2) is 27.2 Å². The monoisotopic (exact) mass is 204 g/mol. The van der Waals surface area contributed by atoms with Crippen molar-refractivity contribution in [2.75, 3.05) is 6.54 Å². The molecule has 0 unspecified atom stereocenters. The van der Waals surface area contributed by atoms with Gasteiger partial charge in [0.15, 0.2) is 5.65 Å². The number of fused-ring (bicyclic) bond motifs is 1. The normalized spacial score (nSPS) is 11.4. The Hall–Kier alpha value is -1.42. The van der Waals surface area contributed by atoms with E-state index in [0.717, 1.165) is 24.4 Å². The Morgan fingerprint density at radius 2 is 2.20 bits per heavy atom. The summed E-state index contributed by atoms with van der Waals surface area (Å²) < 4.78 is 2.03. The Labute approximate surface area is 89.3 Å². The van der Waals surface area contributed by atoms with Crippen LogP contribution in [0, 0.1) is 0 Å². The summed E-state index contributed by atoms with van der Waals surface area (Å²) in [5, 5.41) is 11.6. The number of nitrogens with one attached hydrogen (secondary N) is 1. The highest BCUT2D eigenvalue weighted by molar-refractivity contribution is 5.36. The zero-order chi connectivity index (χ0) is 10.7. The number of hydrogen-bond donors (Lipinski definition) is 1. The fraction of sp³-hybridized carbons (Fsp3) is 0.455. The van der Waals surface area contributed by atoms with E-state index < -0.39 is 0 Å². The van der Waals surface area contributed by atoms with Crippen molar-refractivity contribution in [2.45, 2.75) is 26.3 Å². The first-order valence-corrected chi connectivity index (χ1v) is 5.29. The average molecular weight is 204 g/mol. The predicted molar refractivity (Wildman–Crippen MR) is 59.8 cm³/mol. The van der Waals surface area contributed by atoms with Gasteiger partial charge in [0.25, 0.3) is 0 Å². The number of hydrogen-bond acceptors (Lipinski definition) is 3. The van der Waals surface area contributed by atoms with E-state index in [0.29, 0.717) is 6.04 Å². The molecule has 0 amide bonds. The third-order valence-electron chi connectivity index (χ3n) is 2.29. The van der Waals surface area contributed by atoms with Crippen LogP contribution in [-0.2, 0) is 6.42 Å². The Morgan fingerprint density at radius 3 is 3.00 bits per heavy atom. The van der Waals surface area contributed by atoms with E-state index >= 15 is 0 Å². The fourth-order valence-corrected chi connectivity index (χ4v) is 1.53. The molecule has 0 aliphatic rings. The largest absolute Gasteiger partial charge is 0.314 e. The molecule has 0 aliphatic carbocycles. The zero-order valence-electron chi connectivity index (χ0n) is 9.14. The average Bonchev–Trinajstić information content (AvgIpc) is 2.62. The summed E-state index contributed by atoms with van der Waals surface area (Å²) in [7, 11) is 0. The van der Waals surface area contributed by atoms with Crippen LogP contribution in [0.3, 0.4) is 0 Å². The second-order valence-electron chi connectivity index (χ2n) is 3.90. The van der Waals surface area contributed by atoms with E-state index in [9.17, 15) is 0 Å². The van der Waals surface area contributed by atoms with Gasteiger partial charge in [0.1, 0.15) is 5.82 Å². The molecule has 2 aromatic rings. The van der Waals surface area contributed by atoms with Gasteiger partial charge in [-0.15, -0.1) is 10.2 Å². The summed E-state index contributed by atoms with van der Waals surface area (Å²) in [5.74, 6) is 1.01. The van der Waals surface area contributed by atoms with Crippen molar-refractivity contribution in [3.05, 3.63) is 30.2 Å². The van der Waals surface area contributed by atoms with Gasteiger partial charge >= 0.3 is 0 Å². The standard InChI is InChI=1S/C11H16N4/c1-9(2)12-7-6-11-14-13-10-5-3-4-8-15(10)11/h3-5,8-9,12H,6-7H2,1-2H3. The van der Waals surface area contributed by atoms with Gasteiger partial charge in [-0.3, -0.25) is 4.40 Å². The van der Waals surface area contributed by atoms with Crippen LogP contribution in [0.1, 0.15) is 19.7 Å². The molecule has 80 valence electrons. The van der Waals surface area contributed by atoms with Gasteiger partial charge in [-0.25, -0.2) is 0 Å². The van der Waals surface area contributed by atoms with Crippen LogP contribution >= 0.6 is 0 Å². The topological polar surface area (TPSA) is 42.2 Å². The van der Waals surface area contributed by atoms with Gasteiger partial charge in [-0.2, -0.15) is 0 Å². The lowest BCUT2D eigenvalue weighted by atomic mass is 10.3. The van der Waals surface area contributed by atoms with Crippen LogP contribution < -0.4 is 5.32 Å². The maximum atomic E-state index is 4.17. The summed E-state index contributed by atoms with van der Waals surface area (Å²) in [6.45, 7) is 5.22. The summed E-state index contributed by atoms with van der Waals surface area (Å²) in [5.41, 5.74) is 0.914. The van der Waals surface area contributed by atoms with Crippen LogP contribution in [0.4, 0.5) is 0 Å². The molecule has 2 heterocycles. The van der Waals surface area contributed by atoms with Gasteiger partial charge in [-0.1, -0.05) is 19.9 Å². The van der Waals surface area contributed by atoms with Crippen LogP contribution in [0.2, 0.25) is 0 Å². The number of rotatable bonds is 4. The molecule has 15 heavy (non-hydrogen) atoms. The van der Waals surface area contributed by atoms with Gasteiger partial charge in [0.05, 0.1) is 0 Å². The SMILES string of the molecule is CC(C)NCCc1nnc2ccccn12. The molecule has 0 bridgehead atoms. The lowest BCUT2D eigenvalue weighted by Gasteiger charge is -2.06. The molecular weight excluding hydrogens is 188 g/mol. The molecule has 4 heteroatoms. The smallest absolute Gasteiger partial charge is 0.160 e. The second kappa shape index (κ2) is 4.40. The highest BCUT2D eigenvalue weighted by Gasteiger charge is 2.03. The summed E-state index contributed by atoms with van der Waals surface area (Å²) in [6.07, 6.45) is 2.91. The maximum Gasteiger partial charge on any atom is 0.160 e. The van der Waals surface area contributed by atoms with Crippen molar-refractivity contribution in [1.29, 1.82) is 0 Å². The first-order chi connectivity index (χ1) is 7.27. The van der Waals surface area contributed by atoms with E-state index in [1.807, 2.05) is 28.8 Å². The van der Waals surface area contributed by atoms with Crippen molar-refractivity contribution in [2.24, 2.45) is 0 Å². The van der Waals surface area contributed by atoms with E-state index in [2.05, 4.69) is 29.4 Å². The van der Waals surface area contributed by atoms with E-state index in [1.165, 1.54) is 0 Å². The minimum absolute atomic E-state index is 0.518. The third-order valence-corrected chi connectivity index (χ3v) is 2.29. The molecule has 0 spiro atoms. The molecule has 0 aromatic carbocycles. The maximum absolute atomic E-state index is 4.17. The molecule has 2 rings (SSSR count). The molecular formula is C11H16N4. The molecule has 2 aromatic heterocycles. The summed E-state index contributed by atoms with van der Waals surface area (Å²) in [6, 6.07) is 6.45.